The normalized spacial score (nSPS) is 12.0. The van der Waals surface area contributed by atoms with E-state index >= 15 is 0 Å². The highest BCUT2D eigenvalue weighted by atomic mass is 15.1. The molecule has 320 valence electrons. The van der Waals surface area contributed by atoms with E-state index in [2.05, 4.69) is 184 Å². The van der Waals surface area contributed by atoms with Crippen LogP contribution in [0.5, 0.6) is 0 Å². The van der Waals surface area contributed by atoms with E-state index in [4.69, 9.17) is 5.73 Å². The number of benzene rings is 6. The molecule has 0 aliphatic heterocycles. The Balaban J connectivity index is 0.00000252. The van der Waals surface area contributed by atoms with Crippen LogP contribution >= 0.6 is 0 Å². The Kier molecular flexibility index (Phi) is 11.4. The van der Waals surface area contributed by atoms with Gasteiger partial charge in [0, 0.05) is 75.8 Å². The van der Waals surface area contributed by atoms with Crippen LogP contribution in [0.25, 0.3) is 77.8 Å². The van der Waals surface area contributed by atoms with Gasteiger partial charge in [-0.25, -0.2) is 0 Å². The van der Waals surface area contributed by atoms with E-state index < -0.39 is 0 Å². The molecule has 6 aromatic carbocycles. The van der Waals surface area contributed by atoms with Gasteiger partial charge in [0.05, 0.1) is 16.7 Å². The second-order valence-electron chi connectivity index (χ2n) is 16.4. The van der Waals surface area contributed by atoms with Crippen molar-refractivity contribution >= 4 is 44.6 Å². The van der Waals surface area contributed by atoms with E-state index in [1.165, 1.54) is 60.8 Å². The molecule has 4 heterocycles. The summed E-state index contributed by atoms with van der Waals surface area (Å²) in [6.45, 7) is 10.0. The molecule has 10 aromatic rings. The smallest absolute Gasteiger partial charge is 0.0701 e. The first kappa shape index (κ1) is 41.6. The molecule has 0 unspecified atom stereocenters. The quantitative estimate of drug-likeness (QED) is 0.146. The molecule has 0 amide bonds. The van der Waals surface area contributed by atoms with Crippen LogP contribution in [-0.4, -0.2) is 19.5 Å². The molecule has 11 rings (SSSR count). The average Bonchev–Trinajstić information content (AvgIpc) is 3.70. The number of hydrogen-bond acceptors (Lipinski definition) is 5. The zero-order valence-electron chi connectivity index (χ0n) is 37.5. The third kappa shape index (κ3) is 7.73. The number of nitrogens with zero attached hydrogens (tertiary/aromatic N) is 5. The lowest BCUT2D eigenvalue weighted by Gasteiger charge is -2.30. The molecule has 0 fully saturated rings. The number of nitrogens with two attached hydrogens (primary N) is 1. The lowest BCUT2D eigenvalue weighted by molar-refractivity contribution is 0.941. The fraction of sp³-hybridized carbons (Fsp3) is 0.0833. The van der Waals surface area contributed by atoms with Crippen molar-refractivity contribution in [3.8, 4) is 50.3 Å². The van der Waals surface area contributed by atoms with E-state index in [1.807, 2.05) is 63.0 Å². The molecule has 0 saturated carbocycles. The summed E-state index contributed by atoms with van der Waals surface area (Å²) in [6, 6.07) is 56.9. The fourth-order valence-corrected chi connectivity index (χ4v) is 9.41. The van der Waals surface area contributed by atoms with Crippen molar-refractivity contribution in [2.75, 3.05) is 4.90 Å². The fourth-order valence-electron chi connectivity index (χ4n) is 9.41. The summed E-state index contributed by atoms with van der Waals surface area (Å²) in [4.78, 5) is 15.7. The molecule has 6 heteroatoms. The third-order valence-electron chi connectivity index (χ3n) is 12.6. The minimum absolute atomic E-state index is 0.697. The van der Waals surface area contributed by atoms with Gasteiger partial charge in [0.1, 0.15) is 0 Å². The molecule has 4 aromatic heterocycles. The molecule has 0 spiro atoms. The first-order chi connectivity index (χ1) is 32.5. The van der Waals surface area contributed by atoms with Gasteiger partial charge in [-0.15, -0.1) is 0 Å². The van der Waals surface area contributed by atoms with Gasteiger partial charge in [-0.05, 0) is 160 Å². The van der Waals surface area contributed by atoms with E-state index in [9.17, 15) is 0 Å². The van der Waals surface area contributed by atoms with Crippen molar-refractivity contribution in [2.45, 2.75) is 33.6 Å². The van der Waals surface area contributed by atoms with Gasteiger partial charge < -0.3 is 15.2 Å². The molecule has 1 aliphatic rings. The molecule has 6 nitrogen and oxygen atoms in total. The molecule has 2 N–H and O–H groups in total. The topological polar surface area (TPSA) is 72.9 Å². The highest BCUT2D eigenvalue weighted by Gasteiger charge is 2.24. The van der Waals surface area contributed by atoms with Crippen molar-refractivity contribution in [3.05, 3.63) is 230 Å². The van der Waals surface area contributed by atoms with Crippen LogP contribution < -0.4 is 10.6 Å². The number of aromatic nitrogens is 4. The Bertz CT molecular complexity index is 3370. The number of aryl methyl sites for hydroxylation is 3. The Morgan fingerprint density at radius 1 is 0.576 bits per heavy atom. The van der Waals surface area contributed by atoms with Crippen molar-refractivity contribution in [1.82, 2.24) is 19.5 Å². The lowest BCUT2D eigenvalue weighted by Crippen LogP contribution is -2.13. The SMILES string of the molecule is C=C/C=C(\N)c1ccc(-c2ccc(N(c3ccncc3)c3cc4c(cc3C)CCc3cc5c6cc(-c7ccc(-c8ccccn8)cc7)ccc6n(-c6ccncc6)c5cc3-4)cc2)cc1.CC. The summed E-state index contributed by atoms with van der Waals surface area (Å²) in [6.07, 6.45) is 14.8. The van der Waals surface area contributed by atoms with Crippen LogP contribution in [0.4, 0.5) is 17.1 Å². The maximum Gasteiger partial charge on any atom is 0.0701 e. The summed E-state index contributed by atoms with van der Waals surface area (Å²) >= 11 is 0. The van der Waals surface area contributed by atoms with Gasteiger partial charge in [0.2, 0.25) is 0 Å². The maximum absolute atomic E-state index is 6.23. The van der Waals surface area contributed by atoms with Crippen molar-refractivity contribution < 1.29 is 0 Å². The van der Waals surface area contributed by atoms with Gasteiger partial charge in [0.15, 0.2) is 0 Å². The van der Waals surface area contributed by atoms with Gasteiger partial charge in [-0.2, -0.15) is 0 Å². The Labute approximate surface area is 386 Å². The van der Waals surface area contributed by atoms with Gasteiger partial charge in [0.25, 0.3) is 0 Å². The second kappa shape index (κ2) is 18.0. The molecule has 0 atom stereocenters. The third-order valence-corrected chi connectivity index (χ3v) is 12.6. The number of anilines is 3. The van der Waals surface area contributed by atoms with Crippen molar-refractivity contribution in [3.63, 3.8) is 0 Å². The first-order valence-corrected chi connectivity index (χ1v) is 22.7. The largest absolute Gasteiger partial charge is 0.398 e. The van der Waals surface area contributed by atoms with Crippen LogP contribution in [-0.2, 0) is 12.8 Å². The number of allylic oxidation sites excluding steroid dienone is 2. The lowest BCUT2D eigenvalue weighted by atomic mass is 9.83. The highest BCUT2D eigenvalue weighted by Crippen LogP contribution is 2.46. The molecule has 1 aliphatic carbocycles. The summed E-state index contributed by atoms with van der Waals surface area (Å²) in [7, 11) is 0. The summed E-state index contributed by atoms with van der Waals surface area (Å²) in [5, 5.41) is 2.48. The van der Waals surface area contributed by atoms with Gasteiger partial charge in [-0.3, -0.25) is 15.0 Å². The molecule has 0 radical (unpaired) electrons. The van der Waals surface area contributed by atoms with E-state index in [-0.39, 0.29) is 0 Å². The van der Waals surface area contributed by atoms with Gasteiger partial charge >= 0.3 is 0 Å². The average molecular weight is 855 g/mol. The number of pyridine rings is 3. The molecular formula is C60H50N6. The molecular weight excluding hydrogens is 805 g/mol. The number of hydrogen-bond donors (Lipinski definition) is 1. The van der Waals surface area contributed by atoms with Crippen LogP contribution in [0.1, 0.15) is 36.1 Å². The van der Waals surface area contributed by atoms with Crippen LogP contribution in [0.15, 0.2) is 207 Å². The summed E-state index contributed by atoms with van der Waals surface area (Å²) in [5.41, 5.74) is 27.7. The Hall–Kier alpha value is -8.35. The molecule has 0 saturated heterocycles. The van der Waals surface area contributed by atoms with Crippen LogP contribution in [0, 0.1) is 6.92 Å². The molecule has 66 heavy (non-hydrogen) atoms. The van der Waals surface area contributed by atoms with Crippen molar-refractivity contribution in [2.24, 2.45) is 5.73 Å². The maximum atomic E-state index is 6.23. The van der Waals surface area contributed by atoms with E-state index in [1.54, 1.807) is 6.08 Å². The standard InChI is InChI=1S/C58H44N6.C2H6/c1-3-6-54(59)42-12-8-39(9-13-42)40-18-21-47(22-19-40)63(48-24-29-60-30-25-48)57-36-50-45(33-38(57)2)16-17-46-35-53-52-34-44(41-10-14-43(15-11-41)55-7-4-5-28-62-55)20-23-56(52)64(58(53)37-51(46)50)49-26-31-61-32-27-49;1-2/h3-15,18-37H,1,16-17,59H2,2H3;1-2H3/b54-6-;. The monoisotopic (exact) mass is 854 g/mol. The van der Waals surface area contributed by atoms with Gasteiger partial charge in [-0.1, -0.05) is 105 Å². The number of rotatable bonds is 9. The molecule has 0 bridgehead atoms. The predicted octanol–water partition coefficient (Wildman–Crippen LogP) is 15.0. The van der Waals surface area contributed by atoms with E-state index in [0.29, 0.717) is 5.70 Å². The minimum atomic E-state index is 0.697. The zero-order chi connectivity index (χ0) is 45.1. The van der Waals surface area contributed by atoms with E-state index in [0.717, 1.165) is 63.5 Å². The Morgan fingerprint density at radius 2 is 1.15 bits per heavy atom. The number of fused-ring (bicyclic) bond motifs is 6. The van der Waals surface area contributed by atoms with Crippen molar-refractivity contribution in [1.29, 1.82) is 0 Å². The Morgan fingerprint density at radius 3 is 1.83 bits per heavy atom. The highest BCUT2D eigenvalue weighted by molar-refractivity contribution is 6.12. The second-order valence-corrected chi connectivity index (χ2v) is 16.4. The first-order valence-electron chi connectivity index (χ1n) is 22.7. The van der Waals surface area contributed by atoms with Crippen LogP contribution in [0.2, 0.25) is 0 Å². The van der Waals surface area contributed by atoms with Crippen LogP contribution in [0.3, 0.4) is 0 Å². The summed E-state index contributed by atoms with van der Waals surface area (Å²) in [5.74, 6) is 0. The summed E-state index contributed by atoms with van der Waals surface area (Å²) < 4.78 is 2.40. The predicted molar refractivity (Wildman–Crippen MR) is 276 cm³/mol. The zero-order valence-corrected chi connectivity index (χ0v) is 37.5. The minimum Gasteiger partial charge on any atom is -0.398 e.